The molecule has 0 amide bonds. The lowest BCUT2D eigenvalue weighted by atomic mass is 9.92. The molecule has 0 atom stereocenters. The van der Waals surface area contributed by atoms with Gasteiger partial charge in [-0.15, -0.1) is 25.6 Å². The molecule has 0 radical (unpaired) electrons. The molecular formula is C10H18ClNO2. The van der Waals surface area contributed by atoms with Crippen molar-refractivity contribution in [2.75, 3.05) is 6.61 Å². The number of esters is 1. The summed E-state index contributed by atoms with van der Waals surface area (Å²) in [7, 11) is 0. The van der Waals surface area contributed by atoms with Crippen LogP contribution in [0.1, 0.15) is 19.8 Å². The molecule has 0 fully saturated rings. The second-order valence-electron chi connectivity index (χ2n) is 2.86. The van der Waals surface area contributed by atoms with E-state index < -0.39 is 11.5 Å². The quantitative estimate of drug-likeness (QED) is 0.548. The molecule has 0 aliphatic carbocycles. The van der Waals surface area contributed by atoms with Crippen molar-refractivity contribution in [2.24, 2.45) is 5.73 Å². The van der Waals surface area contributed by atoms with E-state index in [0.717, 1.165) is 0 Å². The minimum atomic E-state index is -0.987. The third kappa shape index (κ3) is 4.44. The lowest BCUT2D eigenvalue weighted by molar-refractivity contribution is -0.149. The first kappa shape index (κ1) is 15.7. The van der Waals surface area contributed by atoms with Crippen LogP contribution in [0.15, 0.2) is 25.3 Å². The summed E-state index contributed by atoms with van der Waals surface area (Å²) in [6.45, 7) is 9.19. The first-order valence-corrected chi connectivity index (χ1v) is 4.28. The van der Waals surface area contributed by atoms with Gasteiger partial charge in [-0.2, -0.15) is 0 Å². The summed E-state index contributed by atoms with van der Waals surface area (Å²) < 4.78 is 4.85. The molecule has 0 aliphatic rings. The first-order chi connectivity index (χ1) is 6.10. The molecule has 0 bridgehead atoms. The average molecular weight is 220 g/mol. The predicted molar refractivity (Wildman–Crippen MR) is 60.4 cm³/mol. The molecule has 0 aliphatic heterocycles. The van der Waals surface area contributed by atoms with Crippen molar-refractivity contribution in [1.29, 1.82) is 0 Å². The minimum absolute atomic E-state index is 0. The molecule has 0 aromatic carbocycles. The van der Waals surface area contributed by atoms with Crippen molar-refractivity contribution in [1.82, 2.24) is 0 Å². The predicted octanol–water partition coefficient (Wildman–Crippen LogP) is 1.82. The molecule has 0 unspecified atom stereocenters. The van der Waals surface area contributed by atoms with E-state index in [1.165, 1.54) is 0 Å². The molecule has 0 spiro atoms. The topological polar surface area (TPSA) is 52.3 Å². The molecule has 0 aromatic rings. The van der Waals surface area contributed by atoms with E-state index in [1.54, 1.807) is 19.1 Å². The lowest BCUT2D eigenvalue weighted by Gasteiger charge is -2.23. The first-order valence-electron chi connectivity index (χ1n) is 4.28. The Morgan fingerprint density at radius 2 is 1.86 bits per heavy atom. The van der Waals surface area contributed by atoms with Crippen LogP contribution in [-0.2, 0) is 9.53 Å². The van der Waals surface area contributed by atoms with Gasteiger partial charge >= 0.3 is 5.97 Å². The number of nitrogens with two attached hydrogens (primary N) is 1. The van der Waals surface area contributed by atoms with Gasteiger partial charge in [-0.25, -0.2) is 0 Å². The largest absolute Gasteiger partial charge is 0.465 e. The summed E-state index contributed by atoms with van der Waals surface area (Å²) in [6.07, 6.45) is 4.02. The van der Waals surface area contributed by atoms with Gasteiger partial charge in [0.15, 0.2) is 0 Å². The fourth-order valence-corrected chi connectivity index (χ4v) is 1.04. The summed E-state index contributed by atoms with van der Waals surface area (Å²) in [4.78, 5) is 11.4. The second-order valence-corrected chi connectivity index (χ2v) is 2.86. The van der Waals surface area contributed by atoms with Crippen LogP contribution in [0.25, 0.3) is 0 Å². The van der Waals surface area contributed by atoms with E-state index >= 15 is 0 Å². The summed E-state index contributed by atoms with van der Waals surface area (Å²) in [5.74, 6) is -0.394. The Labute approximate surface area is 91.4 Å². The van der Waals surface area contributed by atoms with Crippen molar-refractivity contribution < 1.29 is 9.53 Å². The van der Waals surface area contributed by atoms with Crippen LogP contribution in [0, 0.1) is 0 Å². The Hall–Kier alpha value is -0.800. The van der Waals surface area contributed by atoms with Crippen molar-refractivity contribution in [2.45, 2.75) is 25.3 Å². The smallest absolute Gasteiger partial charge is 0.326 e. The molecule has 0 saturated carbocycles. The maximum atomic E-state index is 11.4. The fraction of sp³-hybridized carbons (Fsp3) is 0.500. The van der Waals surface area contributed by atoms with Crippen molar-refractivity contribution in [3.05, 3.63) is 25.3 Å². The van der Waals surface area contributed by atoms with Gasteiger partial charge in [0.05, 0.1) is 6.61 Å². The Bertz CT molecular complexity index is 194. The zero-order chi connectivity index (χ0) is 10.3. The number of hydrogen-bond donors (Lipinski definition) is 1. The van der Waals surface area contributed by atoms with Gasteiger partial charge in [0.25, 0.3) is 0 Å². The molecule has 0 aromatic heterocycles. The maximum absolute atomic E-state index is 11.4. The van der Waals surface area contributed by atoms with Crippen molar-refractivity contribution in [3.8, 4) is 0 Å². The van der Waals surface area contributed by atoms with E-state index in [2.05, 4.69) is 13.2 Å². The van der Waals surface area contributed by atoms with E-state index in [9.17, 15) is 4.79 Å². The highest BCUT2D eigenvalue weighted by Gasteiger charge is 2.32. The molecule has 14 heavy (non-hydrogen) atoms. The highest BCUT2D eigenvalue weighted by Crippen LogP contribution is 2.15. The van der Waals surface area contributed by atoms with Crippen LogP contribution in [0.5, 0.6) is 0 Å². The average Bonchev–Trinajstić information content (AvgIpc) is 2.05. The monoisotopic (exact) mass is 219 g/mol. The van der Waals surface area contributed by atoms with Gasteiger partial charge in [-0.05, 0) is 19.8 Å². The van der Waals surface area contributed by atoms with Gasteiger partial charge < -0.3 is 10.5 Å². The Morgan fingerprint density at radius 3 is 2.14 bits per heavy atom. The van der Waals surface area contributed by atoms with Gasteiger partial charge in [-0.1, -0.05) is 12.2 Å². The van der Waals surface area contributed by atoms with Gasteiger partial charge in [0, 0.05) is 0 Å². The van der Waals surface area contributed by atoms with E-state index in [4.69, 9.17) is 10.5 Å². The molecule has 82 valence electrons. The SMILES string of the molecule is C=CCC(N)(CC=C)C(=O)OCC.Cl. The van der Waals surface area contributed by atoms with E-state index in [1.807, 2.05) is 0 Å². The highest BCUT2D eigenvalue weighted by molar-refractivity contribution is 5.85. The fourth-order valence-electron chi connectivity index (χ4n) is 1.04. The summed E-state index contributed by atoms with van der Waals surface area (Å²) >= 11 is 0. The van der Waals surface area contributed by atoms with E-state index in [-0.39, 0.29) is 12.4 Å². The summed E-state index contributed by atoms with van der Waals surface area (Å²) in [6, 6.07) is 0. The summed E-state index contributed by atoms with van der Waals surface area (Å²) in [5.41, 5.74) is 4.85. The molecule has 3 nitrogen and oxygen atoms in total. The zero-order valence-corrected chi connectivity index (χ0v) is 9.31. The van der Waals surface area contributed by atoms with Gasteiger partial charge in [0.2, 0.25) is 0 Å². The van der Waals surface area contributed by atoms with Crippen LogP contribution in [0.3, 0.4) is 0 Å². The van der Waals surface area contributed by atoms with Crippen LogP contribution in [0.2, 0.25) is 0 Å². The number of hydrogen-bond acceptors (Lipinski definition) is 3. The maximum Gasteiger partial charge on any atom is 0.326 e. The van der Waals surface area contributed by atoms with Crippen LogP contribution in [0.4, 0.5) is 0 Å². The molecular weight excluding hydrogens is 202 g/mol. The summed E-state index contributed by atoms with van der Waals surface area (Å²) in [5, 5.41) is 0. The lowest BCUT2D eigenvalue weighted by Crippen LogP contribution is -2.48. The Kier molecular flexibility index (Phi) is 8.49. The van der Waals surface area contributed by atoms with Gasteiger partial charge in [-0.3, -0.25) is 4.79 Å². The molecule has 0 heterocycles. The number of ether oxygens (including phenoxy) is 1. The van der Waals surface area contributed by atoms with E-state index in [0.29, 0.717) is 19.4 Å². The number of halogens is 1. The molecule has 0 rings (SSSR count). The normalized spacial score (nSPS) is 9.86. The zero-order valence-electron chi connectivity index (χ0n) is 8.49. The van der Waals surface area contributed by atoms with Crippen LogP contribution < -0.4 is 5.73 Å². The third-order valence-corrected chi connectivity index (χ3v) is 1.70. The van der Waals surface area contributed by atoms with Crippen molar-refractivity contribution >= 4 is 18.4 Å². The number of carbonyl (C=O) groups excluding carboxylic acids is 1. The van der Waals surface area contributed by atoms with Crippen molar-refractivity contribution in [3.63, 3.8) is 0 Å². The number of rotatable bonds is 6. The Morgan fingerprint density at radius 1 is 1.43 bits per heavy atom. The molecule has 4 heteroatoms. The van der Waals surface area contributed by atoms with Crippen LogP contribution >= 0.6 is 12.4 Å². The van der Waals surface area contributed by atoms with Gasteiger partial charge in [0.1, 0.15) is 5.54 Å². The Balaban J connectivity index is 0. The third-order valence-electron chi connectivity index (χ3n) is 1.70. The second kappa shape index (κ2) is 7.59. The highest BCUT2D eigenvalue weighted by atomic mass is 35.5. The number of carbonyl (C=O) groups is 1. The van der Waals surface area contributed by atoms with Crippen LogP contribution in [-0.4, -0.2) is 18.1 Å². The standard InChI is InChI=1S/C10H17NO2.ClH/c1-4-7-10(11,8-5-2)9(12)13-6-3;/h4-5H,1-2,6-8,11H2,3H3;1H. The molecule has 0 saturated heterocycles. The minimum Gasteiger partial charge on any atom is -0.465 e. The molecule has 2 N–H and O–H groups in total.